The largest absolute Gasteiger partial charge is 0.378 e. The number of ether oxygens (including phenoxy) is 1. The van der Waals surface area contributed by atoms with Crippen molar-refractivity contribution in [1.82, 2.24) is 9.80 Å². The van der Waals surface area contributed by atoms with E-state index in [0.717, 1.165) is 23.7 Å². The fourth-order valence-electron chi connectivity index (χ4n) is 4.59. The second kappa shape index (κ2) is 10.2. The monoisotopic (exact) mass is 454 g/mol. The number of hydrogen-bond donors (Lipinski definition) is 1. The van der Waals surface area contributed by atoms with Gasteiger partial charge in [-0.3, -0.25) is 24.1 Å². The standard InChI is InChI=1S/C24H30N4O5/c1-2-26(22(30)16-28-23(31)19-5-3-4-6-20(19)24(28)32)15-21(29)25-17-7-9-18(10-8-17)27-11-13-33-14-12-27/h3-4,7-10,19-20H,2,5-6,11-16H2,1H3,(H,25,29). The molecule has 3 aliphatic rings. The molecule has 4 amide bonds. The summed E-state index contributed by atoms with van der Waals surface area (Å²) < 4.78 is 5.37. The molecule has 2 heterocycles. The summed E-state index contributed by atoms with van der Waals surface area (Å²) in [5.74, 6) is -2.06. The maximum atomic E-state index is 12.8. The summed E-state index contributed by atoms with van der Waals surface area (Å²) in [6, 6.07) is 7.56. The van der Waals surface area contributed by atoms with Crippen molar-refractivity contribution in [3.63, 3.8) is 0 Å². The molecule has 2 saturated heterocycles. The molecule has 176 valence electrons. The third-order valence-electron chi connectivity index (χ3n) is 6.49. The summed E-state index contributed by atoms with van der Waals surface area (Å²) in [5.41, 5.74) is 1.71. The van der Waals surface area contributed by atoms with E-state index in [0.29, 0.717) is 38.3 Å². The van der Waals surface area contributed by atoms with Gasteiger partial charge in [0.15, 0.2) is 0 Å². The predicted octanol–water partition coefficient (Wildman–Crippen LogP) is 1.26. The number of nitrogens with zero attached hydrogens (tertiary/aromatic N) is 3. The van der Waals surface area contributed by atoms with Crippen LogP contribution in [0.1, 0.15) is 19.8 Å². The number of benzene rings is 1. The Morgan fingerprint density at radius 1 is 1.03 bits per heavy atom. The van der Waals surface area contributed by atoms with Crippen LogP contribution in [0.25, 0.3) is 0 Å². The number of rotatable bonds is 7. The first-order valence-electron chi connectivity index (χ1n) is 11.5. The van der Waals surface area contributed by atoms with E-state index in [1.54, 1.807) is 6.92 Å². The fourth-order valence-corrected chi connectivity index (χ4v) is 4.59. The van der Waals surface area contributed by atoms with E-state index in [9.17, 15) is 19.2 Å². The first-order valence-corrected chi connectivity index (χ1v) is 11.5. The molecule has 4 rings (SSSR count). The minimum absolute atomic E-state index is 0.148. The number of nitrogens with one attached hydrogen (secondary N) is 1. The van der Waals surface area contributed by atoms with E-state index in [-0.39, 0.29) is 42.6 Å². The number of likely N-dealkylation sites (N-methyl/N-ethyl adjacent to an activating group) is 1. The van der Waals surface area contributed by atoms with Crippen molar-refractivity contribution in [1.29, 1.82) is 0 Å². The molecular formula is C24H30N4O5. The minimum atomic E-state index is -0.413. The van der Waals surface area contributed by atoms with E-state index in [1.165, 1.54) is 4.90 Å². The number of fused-ring (bicyclic) bond motifs is 1. The Morgan fingerprint density at radius 2 is 1.64 bits per heavy atom. The van der Waals surface area contributed by atoms with Gasteiger partial charge in [-0.15, -0.1) is 0 Å². The number of carbonyl (C=O) groups is 4. The molecule has 2 atom stereocenters. The second-order valence-corrected chi connectivity index (χ2v) is 8.52. The molecule has 2 unspecified atom stereocenters. The lowest BCUT2D eigenvalue weighted by Crippen LogP contribution is -2.45. The SMILES string of the molecule is CCN(CC(=O)Nc1ccc(N2CCOCC2)cc1)C(=O)CN1C(=O)C2CC=CCC2C1=O. The average molecular weight is 455 g/mol. The highest BCUT2D eigenvalue weighted by Gasteiger charge is 2.47. The number of imide groups is 1. The molecule has 0 saturated carbocycles. The fraction of sp³-hybridized carbons (Fsp3) is 0.500. The third-order valence-corrected chi connectivity index (χ3v) is 6.49. The van der Waals surface area contributed by atoms with Crippen molar-refractivity contribution in [2.45, 2.75) is 19.8 Å². The summed E-state index contributed by atoms with van der Waals surface area (Å²) in [4.78, 5) is 55.2. The molecule has 9 nitrogen and oxygen atoms in total. The number of likely N-dealkylation sites (tertiary alicyclic amines) is 1. The maximum Gasteiger partial charge on any atom is 0.243 e. The van der Waals surface area contributed by atoms with Crippen LogP contribution in [0.4, 0.5) is 11.4 Å². The molecule has 1 aromatic rings. The summed E-state index contributed by atoms with van der Waals surface area (Å²) in [5, 5.41) is 2.81. The molecule has 2 fully saturated rings. The highest BCUT2D eigenvalue weighted by atomic mass is 16.5. The van der Waals surface area contributed by atoms with Crippen LogP contribution in [0.2, 0.25) is 0 Å². The molecule has 2 aliphatic heterocycles. The Balaban J connectivity index is 1.30. The van der Waals surface area contributed by atoms with Crippen molar-refractivity contribution in [3.8, 4) is 0 Å². The highest BCUT2D eigenvalue weighted by molar-refractivity contribution is 6.07. The van der Waals surface area contributed by atoms with Gasteiger partial charge < -0.3 is 19.9 Å². The van der Waals surface area contributed by atoms with Crippen LogP contribution in [0.5, 0.6) is 0 Å². The normalized spacial score (nSPS) is 22.3. The third kappa shape index (κ3) is 5.08. The van der Waals surface area contributed by atoms with Gasteiger partial charge in [-0.25, -0.2) is 0 Å². The predicted molar refractivity (Wildman–Crippen MR) is 122 cm³/mol. The van der Waals surface area contributed by atoms with Crippen molar-refractivity contribution in [2.75, 3.05) is 56.2 Å². The lowest BCUT2D eigenvalue weighted by atomic mass is 9.85. The van der Waals surface area contributed by atoms with Crippen molar-refractivity contribution in [2.24, 2.45) is 11.8 Å². The molecule has 0 radical (unpaired) electrons. The van der Waals surface area contributed by atoms with Gasteiger partial charge in [-0.2, -0.15) is 0 Å². The average Bonchev–Trinajstić information content (AvgIpc) is 3.08. The second-order valence-electron chi connectivity index (χ2n) is 8.52. The van der Waals surface area contributed by atoms with Gasteiger partial charge in [0, 0.05) is 31.0 Å². The molecule has 1 N–H and O–H groups in total. The summed E-state index contributed by atoms with van der Waals surface area (Å²) >= 11 is 0. The number of amides is 4. The zero-order valence-electron chi connectivity index (χ0n) is 18.9. The zero-order chi connectivity index (χ0) is 23.4. The summed E-state index contributed by atoms with van der Waals surface area (Å²) in [7, 11) is 0. The van der Waals surface area contributed by atoms with Crippen LogP contribution in [0, 0.1) is 11.8 Å². The van der Waals surface area contributed by atoms with Crippen LogP contribution < -0.4 is 10.2 Å². The first kappa shape index (κ1) is 23.0. The first-order chi connectivity index (χ1) is 16.0. The Bertz CT molecular complexity index is 913. The maximum absolute atomic E-state index is 12.8. The van der Waals surface area contributed by atoms with Crippen LogP contribution in [0.15, 0.2) is 36.4 Å². The molecule has 1 aromatic carbocycles. The van der Waals surface area contributed by atoms with Crippen LogP contribution in [0.3, 0.4) is 0 Å². The van der Waals surface area contributed by atoms with E-state index in [4.69, 9.17) is 4.74 Å². The van der Waals surface area contributed by atoms with Crippen LogP contribution in [-0.4, -0.2) is 79.4 Å². The molecule has 1 aliphatic carbocycles. The lowest BCUT2D eigenvalue weighted by Gasteiger charge is -2.29. The van der Waals surface area contributed by atoms with Crippen LogP contribution in [-0.2, 0) is 23.9 Å². The van der Waals surface area contributed by atoms with Gasteiger partial charge in [0.1, 0.15) is 6.54 Å². The molecule has 0 aromatic heterocycles. The van der Waals surface area contributed by atoms with Crippen molar-refractivity contribution >= 4 is 35.0 Å². The van der Waals surface area contributed by atoms with Gasteiger partial charge in [0.2, 0.25) is 23.6 Å². The van der Waals surface area contributed by atoms with Crippen molar-refractivity contribution in [3.05, 3.63) is 36.4 Å². The molecule has 0 bridgehead atoms. The summed E-state index contributed by atoms with van der Waals surface area (Å²) in [6.45, 7) is 4.66. The number of anilines is 2. The van der Waals surface area contributed by atoms with E-state index in [2.05, 4.69) is 10.2 Å². The lowest BCUT2D eigenvalue weighted by molar-refractivity contribution is -0.146. The zero-order valence-corrected chi connectivity index (χ0v) is 18.9. The number of hydrogen-bond acceptors (Lipinski definition) is 6. The van der Waals surface area contributed by atoms with E-state index < -0.39 is 5.91 Å². The van der Waals surface area contributed by atoms with Gasteiger partial charge >= 0.3 is 0 Å². The number of carbonyl (C=O) groups excluding carboxylic acids is 4. The molecule has 33 heavy (non-hydrogen) atoms. The Kier molecular flexibility index (Phi) is 7.08. The molecular weight excluding hydrogens is 424 g/mol. The van der Waals surface area contributed by atoms with Crippen molar-refractivity contribution < 1.29 is 23.9 Å². The van der Waals surface area contributed by atoms with Gasteiger partial charge in [0.25, 0.3) is 0 Å². The van der Waals surface area contributed by atoms with E-state index >= 15 is 0 Å². The quantitative estimate of drug-likeness (QED) is 0.492. The Labute approximate surface area is 193 Å². The number of allylic oxidation sites excluding steroid dienone is 2. The minimum Gasteiger partial charge on any atom is -0.378 e. The van der Waals surface area contributed by atoms with Crippen LogP contribution >= 0.6 is 0 Å². The van der Waals surface area contributed by atoms with Gasteiger partial charge in [-0.05, 0) is 44.0 Å². The smallest absolute Gasteiger partial charge is 0.243 e. The topological polar surface area (TPSA) is 99.3 Å². The Morgan fingerprint density at radius 3 is 2.21 bits per heavy atom. The van der Waals surface area contributed by atoms with Gasteiger partial charge in [-0.1, -0.05) is 12.2 Å². The molecule has 0 spiro atoms. The molecule has 9 heteroatoms. The van der Waals surface area contributed by atoms with E-state index in [1.807, 2.05) is 36.4 Å². The highest BCUT2D eigenvalue weighted by Crippen LogP contribution is 2.34. The number of morpholine rings is 1. The van der Waals surface area contributed by atoms with Gasteiger partial charge in [0.05, 0.1) is 31.6 Å². The Hall–Kier alpha value is -3.20. The summed E-state index contributed by atoms with van der Waals surface area (Å²) in [6.07, 6.45) is 4.88.